The Hall–Kier alpha value is -1.07. The first-order valence-electron chi connectivity index (χ1n) is 5.51. The van der Waals surface area contributed by atoms with E-state index >= 15 is 0 Å². The van der Waals surface area contributed by atoms with Crippen LogP contribution in [0.25, 0.3) is 0 Å². The minimum Gasteiger partial charge on any atom is -0.496 e. The summed E-state index contributed by atoms with van der Waals surface area (Å²) in [6, 6.07) is 3.30. The first-order chi connectivity index (χ1) is 7.94. The summed E-state index contributed by atoms with van der Waals surface area (Å²) in [4.78, 5) is 0.379. The highest BCUT2D eigenvalue weighted by Gasteiger charge is 2.18. The van der Waals surface area contributed by atoms with Gasteiger partial charge in [-0.15, -0.1) is 0 Å². The minimum atomic E-state index is -3.24. The van der Waals surface area contributed by atoms with Crippen LogP contribution in [0.2, 0.25) is 0 Å². The van der Waals surface area contributed by atoms with E-state index < -0.39 is 9.84 Å². The van der Waals surface area contributed by atoms with Crippen LogP contribution in [0, 0.1) is 13.8 Å². The molecule has 0 spiro atoms. The molecule has 0 heterocycles. The van der Waals surface area contributed by atoms with Crippen molar-refractivity contribution in [3.05, 3.63) is 23.3 Å². The lowest BCUT2D eigenvalue weighted by Crippen LogP contribution is -2.13. The van der Waals surface area contributed by atoms with Crippen LogP contribution < -0.4 is 10.5 Å². The third-order valence-electron chi connectivity index (χ3n) is 2.86. The van der Waals surface area contributed by atoms with Crippen molar-refractivity contribution in [2.24, 2.45) is 5.73 Å². The average molecular weight is 257 g/mol. The van der Waals surface area contributed by atoms with Crippen LogP contribution in [0.3, 0.4) is 0 Å². The maximum absolute atomic E-state index is 12.1. The summed E-state index contributed by atoms with van der Waals surface area (Å²) in [5.74, 6) is 0.802. The Kier molecular flexibility index (Phi) is 4.54. The van der Waals surface area contributed by atoms with Gasteiger partial charge in [-0.05, 0) is 50.1 Å². The highest BCUT2D eigenvalue weighted by Crippen LogP contribution is 2.27. The molecule has 4 nitrogen and oxygen atoms in total. The van der Waals surface area contributed by atoms with Crippen molar-refractivity contribution in [1.82, 2.24) is 0 Å². The van der Waals surface area contributed by atoms with E-state index in [9.17, 15) is 8.42 Å². The van der Waals surface area contributed by atoms with Crippen LogP contribution in [0.5, 0.6) is 5.75 Å². The summed E-state index contributed by atoms with van der Waals surface area (Å²) < 4.78 is 29.3. The van der Waals surface area contributed by atoms with Gasteiger partial charge in [0, 0.05) is 0 Å². The summed E-state index contributed by atoms with van der Waals surface area (Å²) in [5, 5.41) is 0. The SMILES string of the molecule is COc1ccc(S(=O)(=O)CCCN)c(C)c1C. The fourth-order valence-corrected chi connectivity index (χ4v) is 3.37. The van der Waals surface area contributed by atoms with Crippen LogP contribution in [-0.4, -0.2) is 27.8 Å². The number of nitrogens with two attached hydrogens (primary N) is 1. The second-order valence-electron chi connectivity index (χ2n) is 3.98. The van der Waals surface area contributed by atoms with E-state index in [1.807, 2.05) is 6.92 Å². The first-order valence-corrected chi connectivity index (χ1v) is 7.16. The van der Waals surface area contributed by atoms with Gasteiger partial charge in [0.05, 0.1) is 17.8 Å². The Morgan fingerprint density at radius 3 is 2.41 bits per heavy atom. The number of benzene rings is 1. The standard InChI is InChI=1S/C12H19NO3S/c1-9-10(2)12(6-5-11(9)16-3)17(14,15)8-4-7-13/h5-6H,4,7-8,13H2,1-3H3. The van der Waals surface area contributed by atoms with E-state index in [0.29, 0.717) is 23.6 Å². The molecule has 0 saturated carbocycles. The largest absolute Gasteiger partial charge is 0.496 e. The maximum atomic E-state index is 12.1. The fourth-order valence-electron chi connectivity index (χ4n) is 1.71. The van der Waals surface area contributed by atoms with E-state index in [2.05, 4.69) is 0 Å². The molecule has 0 aliphatic rings. The summed E-state index contributed by atoms with van der Waals surface area (Å²) >= 11 is 0. The van der Waals surface area contributed by atoms with Gasteiger partial charge < -0.3 is 10.5 Å². The van der Waals surface area contributed by atoms with E-state index in [4.69, 9.17) is 10.5 Å². The van der Waals surface area contributed by atoms with E-state index in [1.54, 1.807) is 26.2 Å². The molecular formula is C12H19NO3S. The zero-order chi connectivity index (χ0) is 13.1. The van der Waals surface area contributed by atoms with Crippen molar-refractivity contribution < 1.29 is 13.2 Å². The molecule has 1 aromatic carbocycles. The molecule has 2 N–H and O–H groups in total. The van der Waals surface area contributed by atoms with Gasteiger partial charge in [0.15, 0.2) is 9.84 Å². The molecule has 0 aliphatic carbocycles. The molecule has 0 atom stereocenters. The van der Waals surface area contributed by atoms with Crippen molar-refractivity contribution in [3.63, 3.8) is 0 Å². The molecule has 0 aliphatic heterocycles. The molecule has 0 amide bonds. The number of methoxy groups -OCH3 is 1. The number of hydrogen-bond acceptors (Lipinski definition) is 4. The van der Waals surface area contributed by atoms with Gasteiger partial charge in [-0.1, -0.05) is 0 Å². The minimum absolute atomic E-state index is 0.0934. The number of ether oxygens (including phenoxy) is 1. The molecule has 0 fully saturated rings. The Labute approximate surface area is 103 Å². The lowest BCUT2D eigenvalue weighted by molar-refractivity contribution is 0.410. The van der Waals surface area contributed by atoms with E-state index in [-0.39, 0.29) is 5.75 Å². The molecule has 0 bridgehead atoms. The van der Waals surface area contributed by atoms with Gasteiger partial charge in [-0.3, -0.25) is 0 Å². The fraction of sp³-hybridized carbons (Fsp3) is 0.500. The molecule has 1 rings (SSSR count). The maximum Gasteiger partial charge on any atom is 0.178 e. The van der Waals surface area contributed by atoms with Gasteiger partial charge >= 0.3 is 0 Å². The smallest absolute Gasteiger partial charge is 0.178 e. The summed E-state index contributed by atoms with van der Waals surface area (Å²) in [5.41, 5.74) is 6.96. The average Bonchev–Trinajstić information content (AvgIpc) is 2.29. The van der Waals surface area contributed by atoms with Crippen molar-refractivity contribution in [1.29, 1.82) is 0 Å². The molecule has 96 valence electrons. The molecule has 0 aromatic heterocycles. The van der Waals surface area contributed by atoms with Gasteiger partial charge in [0.1, 0.15) is 5.75 Å². The second-order valence-corrected chi connectivity index (χ2v) is 6.05. The quantitative estimate of drug-likeness (QED) is 0.866. The van der Waals surface area contributed by atoms with Crippen LogP contribution >= 0.6 is 0 Å². The second kappa shape index (κ2) is 5.51. The Morgan fingerprint density at radius 1 is 1.24 bits per heavy atom. The molecule has 0 radical (unpaired) electrons. The Bertz CT molecular complexity index is 495. The highest BCUT2D eigenvalue weighted by molar-refractivity contribution is 7.91. The lowest BCUT2D eigenvalue weighted by Gasteiger charge is -2.12. The molecule has 0 saturated heterocycles. The van der Waals surface area contributed by atoms with Crippen molar-refractivity contribution in [2.75, 3.05) is 19.4 Å². The van der Waals surface area contributed by atoms with Crippen molar-refractivity contribution in [3.8, 4) is 5.75 Å². The lowest BCUT2D eigenvalue weighted by atomic mass is 10.1. The van der Waals surface area contributed by atoms with Crippen LogP contribution in [0.4, 0.5) is 0 Å². The van der Waals surface area contributed by atoms with E-state index in [0.717, 1.165) is 11.1 Å². The first kappa shape index (κ1) is 14.0. The Morgan fingerprint density at radius 2 is 1.88 bits per heavy atom. The predicted octanol–water partition coefficient (Wildman–Crippen LogP) is 1.43. The van der Waals surface area contributed by atoms with Crippen LogP contribution in [0.15, 0.2) is 17.0 Å². The van der Waals surface area contributed by atoms with Crippen LogP contribution in [-0.2, 0) is 9.84 Å². The summed E-state index contributed by atoms with van der Waals surface area (Å²) in [7, 11) is -1.66. The molecule has 1 aromatic rings. The summed E-state index contributed by atoms with van der Waals surface area (Å²) in [6.07, 6.45) is 0.479. The monoisotopic (exact) mass is 257 g/mol. The number of sulfone groups is 1. The van der Waals surface area contributed by atoms with E-state index in [1.165, 1.54) is 0 Å². The van der Waals surface area contributed by atoms with Gasteiger partial charge in [0.25, 0.3) is 0 Å². The van der Waals surface area contributed by atoms with Gasteiger partial charge in [-0.2, -0.15) is 0 Å². The topological polar surface area (TPSA) is 69.4 Å². The molecular weight excluding hydrogens is 238 g/mol. The third-order valence-corrected chi connectivity index (χ3v) is 4.80. The normalized spacial score (nSPS) is 11.5. The summed E-state index contributed by atoms with van der Waals surface area (Å²) in [6.45, 7) is 4.04. The van der Waals surface area contributed by atoms with Crippen molar-refractivity contribution in [2.45, 2.75) is 25.2 Å². The number of rotatable bonds is 5. The zero-order valence-electron chi connectivity index (χ0n) is 10.5. The van der Waals surface area contributed by atoms with Crippen LogP contribution in [0.1, 0.15) is 17.5 Å². The van der Waals surface area contributed by atoms with Crippen molar-refractivity contribution >= 4 is 9.84 Å². The highest BCUT2D eigenvalue weighted by atomic mass is 32.2. The molecule has 0 unspecified atom stereocenters. The van der Waals surface area contributed by atoms with Gasteiger partial charge in [-0.25, -0.2) is 8.42 Å². The predicted molar refractivity (Wildman–Crippen MR) is 68.2 cm³/mol. The number of hydrogen-bond donors (Lipinski definition) is 1. The Balaban J connectivity index is 3.20. The zero-order valence-corrected chi connectivity index (χ0v) is 11.3. The van der Waals surface area contributed by atoms with Gasteiger partial charge in [0.2, 0.25) is 0 Å². The molecule has 5 heteroatoms. The molecule has 17 heavy (non-hydrogen) atoms. The third kappa shape index (κ3) is 2.98.